The lowest BCUT2D eigenvalue weighted by molar-refractivity contribution is -0.122. The molecule has 8 nitrogen and oxygen atoms in total. The van der Waals surface area contributed by atoms with Gasteiger partial charge >= 0.3 is 5.69 Å². The Balaban J connectivity index is 1.69. The normalized spacial score (nSPS) is 10.9. The summed E-state index contributed by atoms with van der Waals surface area (Å²) in [4.78, 5) is 24.4. The smallest absolute Gasteiger partial charge is 0.346 e. The fraction of sp³-hybridized carbons (Fsp3) is 0.294. The SMILES string of the molecule is Cc1ccc(CNC(=O)Cn2nc(-c3cnn(C)c3)n(C)c2=O)cc1F. The molecule has 3 rings (SSSR count). The largest absolute Gasteiger partial charge is 0.350 e. The van der Waals surface area contributed by atoms with E-state index in [0.29, 0.717) is 22.5 Å². The Morgan fingerprint density at radius 2 is 2.08 bits per heavy atom. The fourth-order valence-corrected chi connectivity index (χ4v) is 2.52. The fourth-order valence-electron chi connectivity index (χ4n) is 2.52. The Morgan fingerprint density at radius 3 is 2.73 bits per heavy atom. The number of rotatable bonds is 5. The van der Waals surface area contributed by atoms with E-state index in [0.717, 1.165) is 4.68 Å². The highest BCUT2D eigenvalue weighted by Crippen LogP contribution is 2.13. The van der Waals surface area contributed by atoms with Gasteiger partial charge < -0.3 is 5.32 Å². The topological polar surface area (TPSA) is 86.7 Å². The van der Waals surface area contributed by atoms with Gasteiger partial charge in [0.05, 0.1) is 11.8 Å². The third kappa shape index (κ3) is 3.56. The molecule has 2 aromatic heterocycles. The second-order valence-electron chi connectivity index (χ2n) is 6.09. The van der Waals surface area contributed by atoms with Gasteiger partial charge in [0.2, 0.25) is 5.91 Å². The first kappa shape index (κ1) is 17.6. The first-order chi connectivity index (χ1) is 12.3. The predicted molar refractivity (Wildman–Crippen MR) is 92.7 cm³/mol. The number of nitrogens with zero attached hydrogens (tertiary/aromatic N) is 5. The highest BCUT2D eigenvalue weighted by atomic mass is 19.1. The monoisotopic (exact) mass is 358 g/mol. The summed E-state index contributed by atoms with van der Waals surface area (Å²) in [7, 11) is 3.35. The van der Waals surface area contributed by atoms with Gasteiger partial charge in [0.25, 0.3) is 0 Å². The number of carbonyl (C=O) groups is 1. The zero-order valence-electron chi connectivity index (χ0n) is 14.7. The average molecular weight is 358 g/mol. The third-order valence-electron chi connectivity index (χ3n) is 4.02. The molecule has 3 aromatic rings. The summed E-state index contributed by atoms with van der Waals surface area (Å²) in [5, 5.41) is 10.9. The van der Waals surface area contributed by atoms with Crippen LogP contribution in [0.1, 0.15) is 11.1 Å². The molecular formula is C17H19FN6O2. The average Bonchev–Trinajstić information content (AvgIpc) is 3.14. The van der Waals surface area contributed by atoms with Crippen LogP contribution in [0.4, 0.5) is 4.39 Å². The summed E-state index contributed by atoms with van der Waals surface area (Å²) in [5.41, 5.74) is 1.47. The molecule has 2 heterocycles. The first-order valence-electron chi connectivity index (χ1n) is 7.99. The van der Waals surface area contributed by atoms with E-state index < -0.39 is 5.69 Å². The number of aryl methyl sites for hydroxylation is 2. The summed E-state index contributed by atoms with van der Waals surface area (Å²) in [6.07, 6.45) is 3.33. The molecule has 0 fully saturated rings. The highest BCUT2D eigenvalue weighted by molar-refractivity contribution is 5.75. The van der Waals surface area contributed by atoms with Crippen molar-refractivity contribution in [1.82, 2.24) is 29.4 Å². The van der Waals surface area contributed by atoms with Crippen LogP contribution < -0.4 is 11.0 Å². The molecule has 9 heteroatoms. The number of nitrogens with one attached hydrogen (secondary N) is 1. The maximum absolute atomic E-state index is 13.5. The van der Waals surface area contributed by atoms with Gasteiger partial charge in [-0.25, -0.2) is 13.9 Å². The van der Waals surface area contributed by atoms with Gasteiger partial charge in [0, 0.05) is 26.8 Å². The van der Waals surface area contributed by atoms with Crippen LogP contribution >= 0.6 is 0 Å². The van der Waals surface area contributed by atoms with Gasteiger partial charge in [-0.1, -0.05) is 12.1 Å². The summed E-state index contributed by atoms with van der Waals surface area (Å²) >= 11 is 0. The van der Waals surface area contributed by atoms with E-state index in [1.54, 1.807) is 50.2 Å². The second kappa shape index (κ2) is 6.95. The molecule has 0 saturated carbocycles. The van der Waals surface area contributed by atoms with Gasteiger partial charge in [-0.2, -0.15) is 5.10 Å². The molecule has 0 atom stereocenters. The molecule has 1 N–H and O–H groups in total. The number of benzene rings is 1. The van der Waals surface area contributed by atoms with Crippen molar-refractivity contribution >= 4 is 5.91 Å². The van der Waals surface area contributed by atoms with Crippen molar-refractivity contribution in [1.29, 1.82) is 0 Å². The molecule has 0 saturated heterocycles. The number of amides is 1. The Hall–Kier alpha value is -3.23. The first-order valence-corrected chi connectivity index (χ1v) is 7.99. The van der Waals surface area contributed by atoms with E-state index in [1.807, 2.05) is 0 Å². The lowest BCUT2D eigenvalue weighted by Crippen LogP contribution is -2.33. The highest BCUT2D eigenvalue weighted by Gasteiger charge is 2.15. The maximum atomic E-state index is 13.5. The van der Waals surface area contributed by atoms with Crippen molar-refractivity contribution in [2.75, 3.05) is 0 Å². The minimum Gasteiger partial charge on any atom is -0.350 e. The minimum absolute atomic E-state index is 0.174. The molecule has 0 aliphatic heterocycles. The number of aromatic nitrogens is 5. The lowest BCUT2D eigenvalue weighted by atomic mass is 10.1. The lowest BCUT2D eigenvalue weighted by Gasteiger charge is -2.06. The second-order valence-corrected chi connectivity index (χ2v) is 6.09. The Labute approximate surface area is 148 Å². The molecule has 0 spiro atoms. The number of hydrogen-bond acceptors (Lipinski definition) is 4. The molecule has 0 bridgehead atoms. The van der Waals surface area contributed by atoms with Crippen LogP contribution in [0.5, 0.6) is 0 Å². The number of carbonyl (C=O) groups excluding carboxylic acids is 1. The molecular weight excluding hydrogens is 339 g/mol. The van der Waals surface area contributed by atoms with Crippen LogP contribution in [0.3, 0.4) is 0 Å². The quantitative estimate of drug-likeness (QED) is 0.729. The minimum atomic E-state index is -0.402. The standard InChI is InChI=1S/C17H19FN6O2/c1-11-4-5-12(6-14(11)18)7-19-15(25)10-24-17(26)23(3)16(21-24)13-8-20-22(2)9-13/h4-6,8-9H,7,10H2,1-3H3,(H,19,25). The van der Waals surface area contributed by atoms with E-state index in [1.165, 1.54) is 10.6 Å². The van der Waals surface area contributed by atoms with E-state index in [2.05, 4.69) is 15.5 Å². The Morgan fingerprint density at radius 1 is 1.31 bits per heavy atom. The van der Waals surface area contributed by atoms with Gasteiger partial charge in [0.1, 0.15) is 12.4 Å². The van der Waals surface area contributed by atoms with Gasteiger partial charge in [-0.05, 0) is 24.1 Å². The van der Waals surface area contributed by atoms with Gasteiger partial charge in [0.15, 0.2) is 5.82 Å². The molecule has 0 radical (unpaired) electrons. The molecule has 0 aliphatic carbocycles. The molecule has 1 amide bonds. The van der Waals surface area contributed by atoms with Crippen LogP contribution in [-0.2, 0) is 32.0 Å². The van der Waals surface area contributed by atoms with Crippen LogP contribution in [0.15, 0.2) is 35.4 Å². The summed E-state index contributed by atoms with van der Waals surface area (Å²) < 4.78 is 17.6. The van der Waals surface area contributed by atoms with Crippen LogP contribution in [-0.4, -0.2) is 30.0 Å². The summed E-state index contributed by atoms with van der Waals surface area (Å²) in [5.74, 6) is -0.278. The van der Waals surface area contributed by atoms with E-state index in [4.69, 9.17) is 0 Å². The Bertz CT molecular complexity index is 1020. The zero-order valence-corrected chi connectivity index (χ0v) is 14.7. The van der Waals surface area contributed by atoms with Crippen molar-refractivity contribution in [3.63, 3.8) is 0 Å². The van der Waals surface area contributed by atoms with Crippen LogP contribution in [0, 0.1) is 12.7 Å². The molecule has 0 unspecified atom stereocenters. The van der Waals surface area contributed by atoms with Crippen LogP contribution in [0.25, 0.3) is 11.4 Å². The predicted octanol–water partition coefficient (Wildman–Crippen LogP) is 0.746. The number of halogens is 1. The summed E-state index contributed by atoms with van der Waals surface area (Å²) in [6, 6.07) is 4.77. The van der Waals surface area contributed by atoms with E-state index in [9.17, 15) is 14.0 Å². The van der Waals surface area contributed by atoms with Crippen molar-refractivity contribution < 1.29 is 9.18 Å². The van der Waals surface area contributed by atoms with Crippen molar-refractivity contribution in [3.8, 4) is 11.4 Å². The molecule has 26 heavy (non-hydrogen) atoms. The maximum Gasteiger partial charge on any atom is 0.346 e. The molecule has 136 valence electrons. The van der Waals surface area contributed by atoms with Gasteiger partial charge in [-0.3, -0.25) is 14.0 Å². The Kier molecular flexibility index (Phi) is 4.70. The van der Waals surface area contributed by atoms with Crippen molar-refractivity contribution in [2.24, 2.45) is 14.1 Å². The van der Waals surface area contributed by atoms with E-state index >= 15 is 0 Å². The molecule has 0 aliphatic rings. The molecule has 1 aromatic carbocycles. The van der Waals surface area contributed by atoms with E-state index in [-0.39, 0.29) is 24.8 Å². The van der Waals surface area contributed by atoms with Gasteiger partial charge in [-0.15, -0.1) is 5.10 Å². The van der Waals surface area contributed by atoms with Crippen LogP contribution in [0.2, 0.25) is 0 Å². The zero-order chi connectivity index (χ0) is 18.8. The summed E-state index contributed by atoms with van der Waals surface area (Å²) in [6.45, 7) is 1.62. The van der Waals surface area contributed by atoms with Crippen molar-refractivity contribution in [3.05, 3.63) is 58.0 Å². The number of hydrogen-bond donors (Lipinski definition) is 1. The van der Waals surface area contributed by atoms with Crippen molar-refractivity contribution in [2.45, 2.75) is 20.0 Å². The third-order valence-corrected chi connectivity index (χ3v) is 4.02.